The van der Waals surface area contributed by atoms with E-state index in [0.717, 1.165) is 11.1 Å². The monoisotopic (exact) mass is 520 g/mol. The van der Waals surface area contributed by atoms with Crippen LogP contribution in [0.4, 0.5) is 11.4 Å². The Labute approximate surface area is 213 Å². The summed E-state index contributed by atoms with van der Waals surface area (Å²) < 4.78 is 57.9. The predicted octanol–water partition coefficient (Wildman–Crippen LogP) is 5.69. The number of hydrogen-bond donors (Lipinski definition) is 2. The van der Waals surface area contributed by atoms with Crippen LogP contribution in [0.5, 0.6) is 0 Å². The fraction of sp³-hybridized carbons (Fsp3) is 0.143. The van der Waals surface area contributed by atoms with Crippen molar-refractivity contribution in [3.05, 3.63) is 119 Å². The lowest BCUT2D eigenvalue weighted by atomic mass is 10.0. The Balaban J connectivity index is 1.57. The van der Waals surface area contributed by atoms with E-state index in [1.807, 2.05) is 38.1 Å². The maximum atomic E-state index is 13.2. The van der Waals surface area contributed by atoms with Crippen molar-refractivity contribution in [1.82, 2.24) is 0 Å². The molecule has 0 aromatic heterocycles. The first-order chi connectivity index (χ1) is 17.1. The molecule has 2 N–H and O–H groups in total. The minimum atomic E-state index is -3.82. The summed E-state index contributed by atoms with van der Waals surface area (Å²) in [6.45, 7) is 3.86. The Bertz CT molecular complexity index is 1440. The lowest BCUT2D eigenvalue weighted by molar-refractivity contribution is 0.597. The number of sulfonamides is 2. The average molecular weight is 521 g/mol. The minimum Gasteiger partial charge on any atom is -0.280 e. The molecule has 0 saturated heterocycles. The van der Waals surface area contributed by atoms with E-state index in [9.17, 15) is 16.8 Å². The molecule has 0 bridgehead atoms. The molecule has 0 aliphatic carbocycles. The highest BCUT2D eigenvalue weighted by atomic mass is 32.2. The van der Waals surface area contributed by atoms with Gasteiger partial charge in [0.2, 0.25) is 0 Å². The predicted molar refractivity (Wildman–Crippen MR) is 144 cm³/mol. The molecule has 0 amide bonds. The van der Waals surface area contributed by atoms with Crippen molar-refractivity contribution in [2.24, 2.45) is 0 Å². The largest absolute Gasteiger partial charge is 0.280 e. The molecule has 0 aliphatic rings. The van der Waals surface area contributed by atoms with Crippen LogP contribution < -0.4 is 9.44 Å². The maximum absolute atomic E-state index is 13.2. The van der Waals surface area contributed by atoms with E-state index < -0.39 is 20.0 Å². The van der Waals surface area contributed by atoms with Crippen molar-refractivity contribution in [3.63, 3.8) is 0 Å². The molecule has 4 aromatic carbocycles. The third-order valence-electron chi connectivity index (χ3n) is 5.80. The highest BCUT2D eigenvalue weighted by molar-refractivity contribution is 7.93. The number of anilines is 2. The first-order valence-electron chi connectivity index (χ1n) is 11.5. The fourth-order valence-corrected chi connectivity index (χ4v) is 6.54. The highest BCUT2D eigenvalue weighted by Crippen LogP contribution is 2.25. The molecule has 0 fully saturated rings. The van der Waals surface area contributed by atoms with Crippen LogP contribution in [0.2, 0.25) is 0 Å². The summed E-state index contributed by atoms with van der Waals surface area (Å²) in [5, 5.41) is 0. The van der Waals surface area contributed by atoms with Gasteiger partial charge < -0.3 is 0 Å². The van der Waals surface area contributed by atoms with Gasteiger partial charge in [0, 0.05) is 11.4 Å². The van der Waals surface area contributed by atoms with E-state index in [1.165, 1.54) is 0 Å². The Kier molecular flexibility index (Phi) is 7.47. The summed E-state index contributed by atoms with van der Waals surface area (Å²) in [5.41, 5.74) is 4.24. The molecule has 0 saturated carbocycles. The van der Waals surface area contributed by atoms with E-state index in [1.54, 1.807) is 72.8 Å². The quantitative estimate of drug-likeness (QED) is 0.297. The molecule has 6 nitrogen and oxygen atoms in total. The van der Waals surface area contributed by atoms with Gasteiger partial charge in [-0.15, -0.1) is 0 Å². The van der Waals surface area contributed by atoms with E-state index >= 15 is 0 Å². The molecule has 0 heterocycles. The molecule has 4 rings (SSSR count). The Morgan fingerprint density at radius 3 is 1.19 bits per heavy atom. The second-order valence-corrected chi connectivity index (χ2v) is 12.0. The first-order valence-corrected chi connectivity index (χ1v) is 14.5. The van der Waals surface area contributed by atoms with Gasteiger partial charge in [0.05, 0.1) is 9.79 Å². The fourth-order valence-electron chi connectivity index (χ4n) is 3.88. The third kappa shape index (κ3) is 6.13. The summed E-state index contributed by atoms with van der Waals surface area (Å²) in [5.74, 6) is 0. The van der Waals surface area contributed by atoms with Gasteiger partial charge in [0.15, 0.2) is 0 Å². The standard InChI is InChI=1S/C28H28N2O4S2/c1-21-11-17-25(18-12-21)29-35(31,32)27-9-5-3-7-23(27)15-16-24-8-4-6-10-28(24)36(33,34)30-26-19-13-22(2)14-20-26/h3-14,17-20,29-30H,15-16H2,1-2H3. The molecule has 0 radical (unpaired) electrons. The first kappa shape index (κ1) is 25.5. The Morgan fingerprint density at radius 2 is 0.833 bits per heavy atom. The zero-order valence-electron chi connectivity index (χ0n) is 20.1. The van der Waals surface area contributed by atoms with Crippen LogP contribution in [0, 0.1) is 13.8 Å². The van der Waals surface area contributed by atoms with Crippen molar-refractivity contribution in [2.75, 3.05) is 9.44 Å². The van der Waals surface area contributed by atoms with Gasteiger partial charge >= 0.3 is 0 Å². The maximum Gasteiger partial charge on any atom is 0.262 e. The average Bonchev–Trinajstić information content (AvgIpc) is 2.86. The van der Waals surface area contributed by atoms with Gasteiger partial charge in [-0.2, -0.15) is 0 Å². The van der Waals surface area contributed by atoms with Crippen molar-refractivity contribution in [1.29, 1.82) is 0 Å². The number of rotatable bonds is 9. The van der Waals surface area contributed by atoms with Crippen LogP contribution in [0.25, 0.3) is 0 Å². The SMILES string of the molecule is Cc1ccc(NS(=O)(=O)c2ccccc2CCc2ccccc2S(=O)(=O)Nc2ccc(C)cc2)cc1. The normalized spacial score (nSPS) is 11.7. The lowest BCUT2D eigenvalue weighted by Crippen LogP contribution is -2.16. The molecule has 0 atom stereocenters. The second-order valence-electron chi connectivity index (χ2n) is 8.66. The molecule has 0 spiro atoms. The van der Waals surface area contributed by atoms with Crippen LogP contribution in [-0.2, 0) is 32.9 Å². The summed E-state index contributed by atoms with van der Waals surface area (Å²) in [6, 6.07) is 27.8. The zero-order valence-corrected chi connectivity index (χ0v) is 21.7. The van der Waals surface area contributed by atoms with Crippen LogP contribution >= 0.6 is 0 Å². The van der Waals surface area contributed by atoms with Crippen molar-refractivity contribution in [2.45, 2.75) is 36.5 Å². The molecular formula is C28H28N2O4S2. The molecular weight excluding hydrogens is 492 g/mol. The van der Waals surface area contributed by atoms with Crippen LogP contribution in [0.1, 0.15) is 22.3 Å². The highest BCUT2D eigenvalue weighted by Gasteiger charge is 2.21. The topological polar surface area (TPSA) is 92.3 Å². The smallest absolute Gasteiger partial charge is 0.262 e. The third-order valence-corrected chi connectivity index (χ3v) is 8.76. The van der Waals surface area contributed by atoms with Crippen LogP contribution in [-0.4, -0.2) is 16.8 Å². The van der Waals surface area contributed by atoms with E-state index in [4.69, 9.17) is 0 Å². The van der Waals surface area contributed by atoms with Gasteiger partial charge in [-0.05, 0) is 74.2 Å². The number of aryl methyl sites for hydroxylation is 4. The summed E-state index contributed by atoms with van der Waals surface area (Å²) in [6.07, 6.45) is 0.699. The van der Waals surface area contributed by atoms with E-state index in [0.29, 0.717) is 35.3 Å². The van der Waals surface area contributed by atoms with Crippen LogP contribution in [0.15, 0.2) is 107 Å². The molecule has 0 unspecified atom stereocenters. The van der Waals surface area contributed by atoms with Gasteiger partial charge in [-0.1, -0.05) is 71.8 Å². The van der Waals surface area contributed by atoms with Gasteiger partial charge in [-0.3, -0.25) is 9.44 Å². The van der Waals surface area contributed by atoms with Gasteiger partial charge in [0.25, 0.3) is 20.0 Å². The summed E-state index contributed by atoms with van der Waals surface area (Å²) in [7, 11) is -7.65. The van der Waals surface area contributed by atoms with Gasteiger partial charge in [-0.25, -0.2) is 16.8 Å². The Hall–Kier alpha value is -3.62. The second kappa shape index (κ2) is 10.6. The van der Waals surface area contributed by atoms with Gasteiger partial charge in [0.1, 0.15) is 0 Å². The number of nitrogens with one attached hydrogen (secondary N) is 2. The number of benzene rings is 4. The van der Waals surface area contributed by atoms with Crippen LogP contribution in [0.3, 0.4) is 0 Å². The minimum absolute atomic E-state index is 0.170. The molecule has 186 valence electrons. The Morgan fingerprint density at radius 1 is 0.500 bits per heavy atom. The van der Waals surface area contributed by atoms with E-state index in [2.05, 4.69) is 9.44 Å². The molecule has 4 aromatic rings. The van der Waals surface area contributed by atoms with Crippen molar-refractivity contribution < 1.29 is 16.8 Å². The molecule has 36 heavy (non-hydrogen) atoms. The van der Waals surface area contributed by atoms with Crippen molar-refractivity contribution in [3.8, 4) is 0 Å². The summed E-state index contributed by atoms with van der Waals surface area (Å²) in [4.78, 5) is 0.340. The van der Waals surface area contributed by atoms with Crippen molar-refractivity contribution >= 4 is 31.4 Å². The van der Waals surface area contributed by atoms with E-state index in [-0.39, 0.29) is 9.79 Å². The molecule has 0 aliphatic heterocycles. The zero-order chi connectivity index (χ0) is 25.8. The number of hydrogen-bond acceptors (Lipinski definition) is 4. The lowest BCUT2D eigenvalue weighted by Gasteiger charge is -2.15. The summed E-state index contributed by atoms with van der Waals surface area (Å²) >= 11 is 0. The molecule has 8 heteroatoms.